The zero-order chi connectivity index (χ0) is 19.2. The summed E-state index contributed by atoms with van der Waals surface area (Å²) in [7, 11) is 0. The number of nitrogens with one attached hydrogen (secondary N) is 2. The van der Waals surface area contributed by atoms with Gasteiger partial charge in [-0.1, -0.05) is 42.5 Å². The van der Waals surface area contributed by atoms with Crippen LogP contribution in [0.4, 0.5) is 4.39 Å². The van der Waals surface area contributed by atoms with Gasteiger partial charge >= 0.3 is 5.91 Å². The van der Waals surface area contributed by atoms with Crippen LogP contribution in [0.15, 0.2) is 54.4 Å². The highest BCUT2D eigenvalue weighted by molar-refractivity contribution is 5.94. The Morgan fingerprint density at radius 1 is 1.11 bits per heavy atom. The van der Waals surface area contributed by atoms with Gasteiger partial charge in [-0.3, -0.25) is 10.0 Å². The summed E-state index contributed by atoms with van der Waals surface area (Å²) >= 11 is 0. The van der Waals surface area contributed by atoms with Gasteiger partial charge in [-0.2, -0.15) is 0 Å². The molecule has 5 heteroatoms. The number of aromatic nitrogens is 1. The summed E-state index contributed by atoms with van der Waals surface area (Å²) in [5, 5.41) is 9.72. The molecule has 4 nitrogen and oxygen atoms in total. The Kier molecular flexibility index (Phi) is 6.04. The smallest absolute Gasteiger partial charge is 0.303 e. The Bertz CT molecular complexity index is 958. The number of para-hydroxylation sites is 1. The summed E-state index contributed by atoms with van der Waals surface area (Å²) in [5.74, 6) is -2.18. The molecule has 0 atom stereocenters. The summed E-state index contributed by atoms with van der Waals surface area (Å²) in [6.45, 7) is 2.12. The number of amides is 1. The Morgan fingerprint density at radius 2 is 1.81 bits per heavy atom. The number of aryl methyl sites for hydroxylation is 3. The van der Waals surface area contributed by atoms with E-state index in [4.69, 9.17) is 5.21 Å². The monoisotopic (exact) mass is 366 g/mol. The standard InChI is InChI=1S/C22H23FN2O2/c1-15-18(19-8-4-5-9-21(19)24-15)7-3-2-6-16-10-12-17(13-11-16)14-20(23)22(26)25-27/h4-5,8-14,24,27H,2-3,6-7H2,1H3,(H,25,26)/b20-14-. The SMILES string of the molecule is Cc1[nH]c2ccccc2c1CCCCc1ccc(/C=C(\F)C(=O)NO)cc1. The number of benzene rings is 2. The highest BCUT2D eigenvalue weighted by atomic mass is 19.1. The summed E-state index contributed by atoms with van der Waals surface area (Å²) in [6, 6.07) is 15.8. The van der Waals surface area contributed by atoms with Crippen molar-refractivity contribution in [1.82, 2.24) is 10.5 Å². The second kappa shape index (κ2) is 8.64. The van der Waals surface area contributed by atoms with Crippen molar-refractivity contribution in [2.45, 2.75) is 32.6 Å². The van der Waals surface area contributed by atoms with Gasteiger partial charge in [-0.05, 0) is 61.4 Å². The normalized spacial score (nSPS) is 11.7. The lowest BCUT2D eigenvalue weighted by Gasteiger charge is -2.04. The van der Waals surface area contributed by atoms with Gasteiger partial charge in [-0.15, -0.1) is 0 Å². The molecule has 0 spiro atoms. The average molecular weight is 366 g/mol. The van der Waals surface area contributed by atoms with Crippen LogP contribution in [0, 0.1) is 6.92 Å². The van der Waals surface area contributed by atoms with Crippen molar-refractivity contribution in [1.29, 1.82) is 0 Å². The quantitative estimate of drug-likeness (QED) is 0.242. The zero-order valence-electron chi connectivity index (χ0n) is 15.3. The van der Waals surface area contributed by atoms with Gasteiger partial charge in [-0.25, -0.2) is 9.87 Å². The second-order valence-electron chi connectivity index (χ2n) is 6.66. The Hall–Kier alpha value is -2.92. The van der Waals surface area contributed by atoms with Crippen LogP contribution in [0.2, 0.25) is 0 Å². The highest BCUT2D eigenvalue weighted by Crippen LogP contribution is 2.23. The molecule has 0 unspecified atom stereocenters. The number of H-pyrrole nitrogens is 1. The number of fused-ring (bicyclic) bond motifs is 1. The minimum absolute atomic E-state index is 0.578. The maximum atomic E-state index is 13.4. The van der Waals surface area contributed by atoms with Crippen LogP contribution in [0.25, 0.3) is 17.0 Å². The molecule has 2 aromatic carbocycles. The number of hydrogen-bond donors (Lipinski definition) is 3. The van der Waals surface area contributed by atoms with E-state index in [1.807, 2.05) is 18.2 Å². The molecular formula is C22H23FN2O2. The Balaban J connectivity index is 1.53. The number of rotatable bonds is 7. The van der Waals surface area contributed by atoms with Gasteiger partial charge < -0.3 is 4.98 Å². The number of hydrogen-bond acceptors (Lipinski definition) is 2. The molecular weight excluding hydrogens is 343 g/mol. The fourth-order valence-corrected chi connectivity index (χ4v) is 3.33. The van der Waals surface area contributed by atoms with Crippen LogP contribution >= 0.6 is 0 Å². The molecule has 140 valence electrons. The van der Waals surface area contributed by atoms with E-state index in [0.29, 0.717) is 5.56 Å². The summed E-state index contributed by atoms with van der Waals surface area (Å²) in [6.07, 6.45) is 5.24. The van der Waals surface area contributed by atoms with E-state index in [-0.39, 0.29) is 0 Å². The lowest BCUT2D eigenvalue weighted by Crippen LogP contribution is -2.18. The number of aromatic amines is 1. The first-order valence-electron chi connectivity index (χ1n) is 9.05. The summed E-state index contributed by atoms with van der Waals surface area (Å²) in [5.41, 5.74) is 6.85. The largest absolute Gasteiger partial charge is 0.358 e. The van der Waals surface area contributed by atoms with Crippen molar-refractivity contribution in [2.24, 2.45) is 0 Å². The number of carbonyl (C=O) groups excluding carboxylic acids is 1. The maximum Gasteiger partial charge on any atom is 0.303 e. The minimum atomic E-state index is -1.15. The molecule has 1 amide bonds. The van der Waals surface area contributed by atoms with Crippen LogP contribution in [0.5, 0.6) is 0 Å². The van der Waals surface area contributed by atoms with E-state index in [1.54, 1.807) is 12.1 Å². The first-order chi connectivity index (χ1) is 13.1. The molecule has 0 fully saturated rings. The number of hydroxylamine groups is 1. The molecule has 0 saturated heterocycles. The number of halogens is 1. The van der Waals surface area contributed by atoms with Crippen LogP contribution in [-0.2, 0) is 17.6 Å². The van der Waals surface area contributed by atoms with Crippen molar-refractivity contribution in [3.63, 3.8) is 0 Å². The topological polar surface area (TPSA) is 65.1 Å². The fourth-order valence-electron chi connectivity index (χ4n) is 3.33. The lowest BCUT2D eigenvalue weighted by molar-refractivity contribution is -0.126. The third-order valence-corrected chi connectivity index (χ3v) is 4.76. The molecule has 0 bridgehead atoms. The maximum absolute atomic E-state index is 13.4. The third kappa shape index (κ3) is 4.63. The van der Waals surface area contributed by atoms with E-state index < -0.39 is 11.7 Å². The molecule has 3 rings (SSSR count). The zero-order valence-corrected chi connectivity index (χ0v) is 15.3. The third-order valence-electron chi connectivity index (χ3n) is 4.76. The lowest BCUT2D eigenvalue weighted by atomic mass is 10.0. The van der Waals surface area contributed by atoms with Crippen LogP contribution in [-0.4, -0.2) is 16.1 Å². The van der Waals surface area contributed by atoms with E-state index in [0.717, 1.165) is 31.8 Å². The molecule has 0 aliphatic heterocycles. The van der Waals surface area contributed by atoms with Gasteiger partial charge in [0.2, 0.25) is 0 Å². The fraction of sp³-hybridized carbons (Fsp3) is 0.227. The molecule has 0 saturated carbocycles. The summed E-state index contributed by atoms with van der Waals surface area (Å²) < 4.78 is 13.4. The second-order valence-corrected chi connectivity index (χ2v) is 6.66. The van der Waals surface area contributed by atoms with Gasteiger partial charge in [0.1, 0.15) is 0 Å². The molecule has 0 radical (unpaired) electrons. The van der Waals surface area contributed by atoms with Gasteiger partial charge in [0.25, 0.3) is 0 Å². The van der Waals surface area contributed by atoms with Crippen molar-refractivity contribution >= 4 is 22.9 Å². The molecule has 27 heavy (non-hydrogen) atoms. The van der Waals surface area contributed by atoms with Crippen molar-refractivity contribution < 1.29 is 14.4 Å². The first kappa shape index (κ1) is 18.9. The van der Waals surface area contributed by atoms with Gasteiger partial charge in [0, 0.05) is 16.6 Å². The van der Waals surface area contributed by atoms with Crippen molar-refractivity contribution in [2.75, 3.05) is 0 Å². The van der Waals surface area contributed by atoms with Gasteiger partial charge in [0.15, 0.2) is 5.83 Å². The molecule has 1 heterocycles. The average Bonchev–Trinajstić information content (AvgIpc) is 3.01. The van der Waals surface area contributed by atoms with Crippen LogP contribution < -0.4 is 5.48 Å². The number of unbranched alkanes of at least 4 members (excludes halogenated alkanes) is 1. The van der Waals surface area contributed by atoms with Gasteiger partial charge in [0.05, 0.1) is 0 Å². The number of carbonyl (C=O) groups is 1. The van der Waals surface area contributed by atoms with E-state index >= 15 is 0 Å². The predicted molar refractivity (Wildman–Crippen MR) is 105 cm³/mol. The summed E-state index contributed by atoms with van der Waals surface area (Å²) in [4.78, 5) is 14.4. The Labute approximate surface area is 157 Å². The molecule has 3 aromatic rings. The molecule has 3 N–H and O–H groups in total. The van der Waals surface area contributed by atoms with Crippen LogP contribution in [0.1, 0.15) is 35.2 Å². The first-order valence-corrected chi connectivity index (χ1v) is 9.05. The van der Waals surface area contributed by atoms with Crippen molar-refractivity contribution in [3.05, 3.63) is 76.7 Å². The van der Waals surface area contributed by atoms with E-state index in [2.05, 4.69) is 30.1 Å². The minimum Gasteiger partial charge on any atom is -0.358 e. The predicted octanol–water partition coefficient (Wildman–Crippen LogP) is 4.86. The van der Waals surface area contributed by atoms with Crippen molar-refractivity contribution in [3.8, 4) is 0 Å². The van der Waals surface area contributed by atoms with Crippen LogP contribution in [0.3, 0.4) is 0 Å². The molecule has 1 aromatic heterocycles. The molecule has 0 aliphatic carbocycles. The molecule has 0 aliphatic rings. The Morgan fingerprint density at radius 3 is 2.56 bits per heavy atom. The van der Waals surface area contributed by atoms with E-state index in [9.17, 15) is 9.18 Å². The van der Waals surface area contributed by atoms with E-state index in [1.165, 1.54) is 33.2 Å². The highest BCUT2D eigenvalue weighted by Gasteiger charge is 2.08.